The molecular weight excluding hydrogens is 368 g/mol. The Labute approximate surface area is 187 Å². The molecule has 0 amide bonds. The largest absolute Gasteiger partial charge is 0.462 e. The molecule has 0 aliphatic heterocycles. The highest BCUT2D eigenvalue weighted by Gasteiger charge is 2.41. The van der Waals surface area contributed by atoms with Crippen LogP contribution in [0.3, 0.4) is 0 Å². The molecule has 0 aromatic carbocycles. The Bertz CT molecular complexity index is 465. The second-order valence-electron chi connectivity index (χ2n) is 11.1. The van der Waals surface area contributed by atoms with Gasteiger partial charge in [-0.3, -0.25) is 4.79 Å². The molecule has 0 unspecified atom stereocenters. The van der Waals surface area contributed by atoms with Crippen molar-refractivity contribution in [3.63, 3.8) is 0 Å². The van der Waals surface area contributed by atoms with Crippen molar-refractivity contribution >= 4 is 5.97 Å². The van der Waals surface area contributed by atoms with Crippen molar-refractivity contribution in [3.8, 4) is 0 Å². The molecule has 0 aromatic heterocycles. The molecule has 2 heteroatoms. The number of hydrogen-bond donors (Lipinski definition) is 0. The van der Waals surface area contributed by atoms with Gasteiger partial charge in [-0.15, -0.1) is 0 Å². The molecule has 3 aliphatic rings. The van der Waals surface area contributed by atoms with Crippen molar-refractivity contribution < 1.29 is 9.53 Å². The molecule has 0 aromatic rings. The van der Waals surface area contributed by atoms with E-state index in [4.69, 9.17) is 4.74 Å². The maximum atomic E-state index is 12.4. The van der Waals surface area contributed by atoms with Crippen molar-refractivity contribution in [1.29, 1.82) is 0 Å². The van der Waals surface area contributed by atoms with E-state index in [2.05, 4.69) is 6.92 Å². The summed E-state index contributed by atoms with van der Waals surface area (Å²) in [4.78, 5) is 12.4. The molecular formula is C28H50O2. The van der Waals surface area contributed by atoms with Crippen molar-refractivity contribution in [2.24, 2.45) is 17.3 Å². The minimum Gasteiger partial charge on any atom is -0.462 e. The minimum absolute atomic E-state index is 0.0882. The predicted molar refractivity (Wildman–Crippen MR) is 127 cm³/mol. The number of esters is 1. The fourth-order valence-electron chi connectivity index (χ4n) is 6.99. The van der Waals surface area contributed by atoms with E-state index in [1.165, 1.54) is 116 Å². The van der Waals surface area contributed by atoms with Crippen LogP contribution in [-0.2, 0) is 9.53 Å². The summed E-state index contributed by atoms with van der Waals surface area (Å²) < 4.78 is 5.80. The van der Waals surface area contributed by atoms with Crippen molar-refractivity contribution in [1.82, 2.24) is 0 Å². The maximum absolute atomic E-state index is 12.4. The molecule has 30 heavy (non-hydrogen) atoms. The number of carbonyl (C=O) groups excluding carboxylic acids is 1. The van der Waals surface area contributed by atoms with Crippen LogP contribution < -0.4 is 0 Å². The summed E-state index contributed by atoms with van der Waals surface area (Å²) in [6, 6.07) is 0. The predicted octanol–water partition coefficient (Wildman–Crippen LogP) is 8.76. The molecule has 3 aliphatic carbocycles. The van der Waals surface area contributed by atoms with Gasteiger partial charge < -0.3 is 4.74 Å². The summed E-state index contributed by atoms with van der Waals surface area (Å²) in [5.41, 5.74) is 0.547. The number of carbonyl (C=O) groups is 1. The van der Waals surface area contributed by atoms with Gasteiger partial charge in [0, 0.05) is 6.42 Å². The number of rotatable bonds is 11. The van der Waals surface area contributed by atoms with Gasteiger partial charge in [0.25, 0.3) is 0 Å². The summed E-state index contributed by atoms with van der Waals surface area (Å²) in [5, 5.41) is 0. The molecule has 174 valence electrons. The van der Waals surface area contributed by atoms with Gasteiger partial charge >= 0.3 is 5.97 Å². The molecule has 0 radical (unpaired) electrons. The third-order valence-electron chi connectivity index (χ3n) is 8.94. The van der Waals surface area contributed by atoms with E-state index in [-0.39, 0.29) is 12.1 Å². The zero-order valence-electron chi connectivity index (χ0n) is 20.1. The van der Waals surface area contributed by atoms with E-state index in [0.717, 1.165) is 31.1 Å². The van der Waals surface area contributed by atoms with Gasteiger partial charge in [0.1, 0.15) is 6.10 Å². The van der Waals surface area contributed by atoms with Gasteiger partial charge in [0.15, 0.2) is 0 Å². The fraction of sp³-hybridized carbons (Fsp3) is 0.964. The normalized spacial score (nSPS) is 29.0. The summed E-state index contributed by atoms with van der Waals surface area (Å²) in [7, 11) is 0. The monoisotopic (exact) mass is 418 g/mol. The second kappa shape index (κ2) is 13.1. The van der Waals surface area contributed by atoms with Crippen LogP contribution in [0.25, 0.3) is 0 Å². The third kappa shape index (κ3) is 7.56. The second-order valence-corrected chi connectivity index (χ2v) is 11.1. The van der Waals surface area contributed by atoms with Gasteiger partial charge in [-0.2, -0.15) is 0 Å². The first kappa shape index (κ1) is 24.1. The maximum Gasteiger partial charge on any atom is 0.306 e. The van der Waals surface area contributed by atoms with Crippen molar-refractivity contribution in [2.45, 2.75) is 154 Å². The highest BCUT2D eigenvalue weighted by Crippen LogP contribution is 2.53. The Hall–Kier alpha value is -0.530. The Morgan fingerprint density at radius 2 is 1.47 bits per heavy atom. The van der Waals surface area contributed by atoms with Gasteiger partial charge in [-0.1, -0.05) is 64.7 Å². The van der Waals surface area contributed by atoms with Crippen molar-refractivity contribution in [3.05, 3.63) is 0 Å². The summed E-state index contributed by atoms with van der Waals surface area (Å²) in [6.07, 6.45) is 29.3. The van der Waals surface area contributed by atoms with E-state index < -0.39 is 0 Å². The Kier molecular flexibility index (Phi) is 10.5. The molecule has 3 saturated carbocycles. The first-order chi connectivity index (χ1) is 14.7. The minimum atomic E-state index is 0.0882. The van der Waals surface area contributed by atoms with Crippen LogP contribution in [0.1, 0.15) is 148 Å². The molecule has 3 fully saturated rings. The van der Waals surface area contributed by atoms with E-state index in [1.54, 1.807) is 0 Å². The van der Waals surface area contributed by atoms with Crippen LogP contribution >= 0.6 is 0 Å². The van der Waals surface area contributed by atoms with E-state index in [9.17, 15) is 4.79 Å². The quantitative estimate of drug-likeness (QED) is 0.247. The Morgan fingerprint density at radius 1 is 0.800 bits per heavy atom. The van der Waals surface area contributed by atoms with Crippen LogP contribution in [0, 0.1) is 17.3 Å². The lowest BCUT2D eigenvalue weighted by Gasteiger charge is -2.47. The van der Waals surface area contributed by atoms with Gasteiger partial charge in [0.05, 0.1) is 0 Å². The SMILES string of the molecule is CCCCCC[C@H]1CC[C@@](CCCC(=O)OC2CCCCC2)(C2CCCCC2)CC1. The van der Waals surface area contributed by atoms with Gasteiger partial charge in [-0.25, -0.2) is 0 Å². The molecule has 3 rings (SSSR count). The van der Waals surface area contributed by atoms with E-state index in [1.807, 2.05) is 0 Å². The summed E-state index contributed by atoms with van der Waals surface area (Å²) in [6.45, 7) is 2.31. The first-order valence-electron chi connectivity index (χ1n) is 13.9. The van der Waals surface area contributed by atoms with Crippen LogP contribution in [0.15, 0.2) is 0 Å². The number of ether oxygens (including phenoxy) is 1. The number of unbranched alkanes of at least 4 members (excludes halogenated alkanes) is 3. The molecule has 0 spiro atoms. The van der Waals surface area contributed by atoms with Crippen LogP contribution in [0.2, 0.25) is 0 Å². The molecule has 0 N–H and O–H groups in total. The molecule has 2 nitrogen and oxygen atoms in total. The standard InChI is InChI=1S/C28H50O2/c1-2-3-4-7-13-24-19-22-28(23-20-24,25-14-8-5-9-15-25)21-12-18-27(29)30-26-16-10-6-11-17-26/h24-26H,2-23H2,1H3/t24-,28+. The first-order valence-corrected chi connectivity index (χ1v) is 13.9. The molecule has 0 atom stereocenters. The zero-order chi connectivity index (χ0) is 21.1. The zero-order valence-corrected chi connectivity index (χ0v) is 20.1. The van der Waals surface area contributed by atoms with E-state index in [0.29, 0.717) is 11.8 Å². The fourth-order valence-corrected chi connectivity index (χ4v) is 6.99. The van der Waals surface area contributed by atoms with Crippen molar-refractivity contribution in [2.75, 3.05) is 0 Å². The number of hydrogen-bond acceptors (Lipinski definition) is 2. The molecule has 0 heterocycles. The average molecular weight is 419 g/mol. The lowest BCUT2D eigenvalue weighted by Crippen LogP contribution is -2.36. The topological polar surface area (TPSA) is 26.3 Å². The smallest absolute Gasteiger partial charge is 0.306 e. The highest BCUT2D eigenvalue weighted by molar-refractivity contribution is 5.69. The van der Waals surface area contributed by atoms with Crippen LogP contribution in [0.4, 0.5) is 0 Å². The lowest BCUT2D eigenvalue weighted by molar-refractivity contribution is -0.150. The third-order valence-corrected chi connectivity index (χ3v) is 8.94. The van der Waals surface area contributed by atoms with Gasteiger partial charge in [0.2, 0.25) is 0 Å². The average Bonchev–Trinajstić information content (AvgIpc) is 2.79. The highest BCUT2D eigenvalue weighted by atomic mass is 16.5. The lowest BCUT2D eigenvalue weighted by atomic mass is 9.58. The van der Waals surface area contributed by atoms with Gasteiger partial charge in [-0.05, 0) is 94.3 Å². The molecule has 0 bridgehead atoms. The Morgan fingerprint density at radius 3 is 2.13 bits per heavy atom. The van der Waals surface area contributed by atoms with E-state index >= 15 is 0 Å². The van der Waals surface area contributed by atoms with Crippen LogP contribution in [0.5, 0.6) is 0 Å². The Balaban J connectivity index is 1.45. The summed E-state index contributed by atoms with van der Waals surface area (Å²) in [5.74, 6) is 2.00. The molecule has 0 saturated heterocycles. The summed E-state index contributed by atoms with van der Waals surface area (Å²) >= 11 is 0. The van der Waals surface area contributed by atoms with Crippen LogP contribution in [-0.4, -0.2) is 12.1 Å².